The van der Waals surface area contributed by atoms with Gasteiger partial charge >= 0.3 is 0 Å². The van der Waals surface area contributed by atoms with Gasteiger partial charge in [0.1, 0.15) is 6.54 Å². The molecule has 0 atom stereocenters. The van der Waals surface area contributed by atoms with Crippen LogP contribution in [0, 0.1) is 0 Å². The first-order valence-electron chi connectivity index (χ1n) is 10.3. The fourth-order valence-corrected chi connectivity index (χ4v) is 6.00. The summed E-state index contributed by atoms with van der Waals surface area (Å²) in [7, 11) is 0. The molecule has 0 aliphatic carbocycles. The Balaban J connectivity index is 1.43. The molecular formula is C24H19N3O3S3. The smallest absolute Gasteiger partial charge is 0.262 e. The van der Waals surface area contributed by atoms with E-state index in [1.54, 1.807) is 52.3 Å². The quantitative estimate of drug-likeness (QED) is 0.269. The Hall–Kier alpha value is -3.01. The van der Waals surface area contributed by atoms with E-state index < -0.39 is 11.8 Å². The molecular weight excluding hydrogens is 474 g/mol. The molecule has 166 valence electrons. The number of carbonyl (C=O) groups excluding carboxylic acids is 3. The summed E-state index contributed by atoms with van der Waals surface area (Å²) in [5.74, 6) is -1.20. The first-order chi connectivity index (χ1) is 16.0. The minimum atomic E-state index is -0.434. The summed E-state index contributed by atoms with van der Waals surface area (Å²) in [6.45, 7) is 0.0977. The van der Waals surface area contributed by atoms with Gasteiger partial charge in [0, 0.05) is 16.3 Å². The number of anilines is 1. The summed E-state index contributed by atoms with van der Waals surface area (Å²) < 4.78 is 0.992. The number of fused-ring (bicyclic) bond motifs is 2. The average Bonchev–Trinajstić information content (AvgIpc) is 3.55. The van der Waals surface area contributed by atoms with Crippen LogP contribution in [0.25, 0.3) is 10.2 Å². The highest BCUT2D eigenvalue weighted by molar-refractivity contribution is 7.98. The van der Waals surface area contributed by atoms with Crippen molar-refractivity contribution in [2.24, 2.45) is 0 Å². The van der Waals surface area contributed by atoms with Crippen molar-refractivity contribution in [2.45, 2.75) is 11.3 Å². The highest BCUT2D eigenvalue weighted by Gasteiger charge is 2.37. The maximum absolute atomic E-state index is 13.4. The molecule has 0 saturated carbocycles. The van der Waals surface area contributed by atoms with Crippen molar-refractivity contribution >= 4 is 67.5 Å². The number of aromatic nitrogens is 1. The number of thioether (sulfide) groups is 1. The van der Waals surface area contributed by atoms with Gasteiger partial charge in [-0.2, -0.15) is 0 Å². The molecule has 0 radical (unpaired) electrons. The third kappa shape index (κ3) is 4.19. The molecule has 0 unspecified atom stereocenters. The molecule has 1 aliphatic heterocycles. The summed E-state index contributed by atoms with van der Waals surface area (Å²) in [6, 6.07) is 16.7. The van der Waals surface area contributed by atoms with E-state index in [2.05, 4.69) is 6.07 Å². The second-order valence-electron chi connectivity index (χ2n) is 7.45. The Morgan fingerprint density at radius 1 is 1.06 bits per heavy atom. The van der Waals surface area contributed by atoms with Crippen molar-refractivity contribution < 1.29 is 14.4 Å². The van der Waals surface area contributed by atoms with Gasteiger partial charge in [-0.25, -0.2) is 4.98 Å². The molecule has 2 aromatic carbocycles. The maximum Gasteiger partial charge on any atom is 0.262 e. The predicted octanol–water partition coefficient (Wildman–Crippen LogP) is 4.95. The van der Waals surface area contributed by atoms with E-state index in [0.717, 1.165) is 24.9 Å². The number of benzene rings is 2. The van der Waals surface area contributed by atoms with E-state index >= 15 is 0 Å². The fourth-order valence-electron chi connectivity index (χ4n) is 3.74. The van der Waals surface area contributed by atoms with Crippen molar-refractivity contribution in [3.05, 3.63) is 76.0 Å². The van der Waals surface area contributed by atoms with Crippen LogP contribution in [0.5, 0.6) is 0 Å². The van der Waals surface area contributed by atoms with Crippen molar-refractivity contribution in [1.29, 1.82) is 0 Å². The Bertz CT molecular complexity index is 1330. The summed E-state index contributed by atoms with van der Waals surface area (Å²) in [6.07, 6.45) is 2.68. The van der Waals surface area contributed by atoms with Gasteiger partial charge < -0.3 is 0 Å². The minimum Gasteiger partial charge on any atom is -0.286 e. The number of hydrogen-bond acceptors (Lipinski definition) is 7. The first kappa shape index (κ1) is 21.8. The Kier molecular flexibility index (Phi) is 6.01. The average molecular weight is 494 g/mol. The standard InChI is InChI=1S/C24H19N3O3S3/c1-31-16-8-9-19-20(13-16)33-24(25-19)26(11-10-15-5-4-12-32-15)21(28)14-27-22(29)17-6-2-3-7-18(17)23(27)30/h2-9,12-13H,10-11,14H2,1H3. The van der Waals surface area contributed by atoms with Gasteiger partial charge in [-0.3, -0.25) is 24.2 Å². The van der Waals surface area contributed by atoms with Gasteiger partial charge in [0.15, 0.2) is 5.13 Å². The van der Waals surface area contributed by atoms with Crippen LogP contribution < -0.4 is 4.90 Å². The van der Waals surface area contributed by atoms with E-state index in [-0.39, 0.29) is 12.5 Å². The van der Waals surface area contributed by atoms with Crippen LogP contribution in [0.1, 0.15) is 25.6 Å². The van der Waals surface area contributed by atoms with Crippen molar-refractivity contribution in [3.63, 3.8) is 0 Å². The lowest BCUT2D eigenvalue weighted by Crippen LogP contribution is -2.43. The number of nitrogens with zero attached hydrogens (tertiary/aromatic N) is 3. The summed E-state index contributed by atoms with van der Waals surface area (Å²) in [4.78, 5) is 48.6. The number of thiazole rings is 1. The van der Waals surface area contributed by atoms with E-state index in [0.29, 0.717) is 29.2 Å². The van der Waals surface area contributed by atoms with Crippen LogP contribution >= 0.6 is 34.4 Å². The molecule has 4 aromatic rings. The molecule has 3 amide bonds. The van der Waals surface area contributed by atoms with Crippen LogP contribution in [0.15, 0.2) is 64.9 Å². The van der Waals surface area contributed by atoms with Gasteiger partial charge in [0.05, 0.1) is 21.3 Å². The summed E-state index contributed by atoms with van der Waals surface area (Å²) in [5.41, 5.74) is 1.50. The fraction of sp³-hybridized carbons (Fsp3) is 0.167. The Morgan fingerprint density at radius 2 is 1.82 bits per heavy atom. The number of imide groups is 1. The van der Waals surface area contributed by atoms with Gasteiger partial charge in [0.25, 0.3) is 11.8 Å². The van der Waals surface area contributed by atoms with Crippen molar-refractivity contribution in [1.82, 2.24) is 9.88 Å². The van der Waals surface area contributed by atoms with Crippen LogP contribution in [-0.2, 0) is 11.2 Å². The molecule has 0 spiro atoms. The van der Waals surface area contributed by atoms with Gasteiger partial charge in [-0.05, 0) is 54.5 Å². The molecule has 9 heteroatoms. The molecule has 33 heavy (non-hydrogen) atoms. The first-order valence-corrected chi connectivity index (χ1v) is 13.2. The van der Waals surface area contributed by atoms with Crippen LogP contribution in [0.3, 0.4) is 0 Å². The number of carbonyl (C=O) groups is 3. The van der Waals surface area contributed by atoms with Crippen molar-refractivity contribution in [2.75, 3.05) is 24.2 Å². The normalized spacial score (nSPS) is 13.1. The number of thiophene rings is 1. The van der Waals surface area contributed by atoms with Crippen molar-refractivity contribution in [3.8, 4) is 0 Å². The van der Waals surface area contributed by atoms with Crippen LogP contribution in [0.4, 0.5) is 5.13 Å². The van der Waals surface area contributed by atoms with E-state index in [1.165, 1.54) is 11.3 Å². The van der Waals surface area contributed by atoms with Gasteiger partial charge in [-0.15, -0.1) is 23.1 Å². The molecule has 0 N–H and O–H groups in total. The lowest BCUT2D eigenvalue weighted by Gasteiger charge is -2.22. The highest BCUT2D eigenvalue weighted by Crippen LogP contribution is 2.32. The lowest BCUT2D eigenvalue weighted by molar-refractivity contribution is -0.118. The topological polar surface area (TPSA) is 70.6 Å². The second kappa shape index (κ2) is 9.09. The van der Waals surface area contributed by atoms with Crippen LogP contribution in [-0.4, -0.2) is 47.0 Å². The van der Waals surface area contributed by atoms with Crippen LogP contribution in [0.2, 0.25) is 0 Å². The lowest BCUT2D eigenvalue weighted by atomic mass is 10.1. The number of amides is 3. The van der Waals surface area contributed by atoms with E-state index in [9.17, 15) is 14.4 Å². The summed E-state index contributed by atoms with van der Waals surface area (Å²) >= 11 is 4.72. The molecule has 0 saturated heterocycles. The van der Waals surface area contributed by atoms with Gasteiger partial charge in [-0.1, -0.05) is 29.5 Å². The Labute approximate surface area is 202 Å². The number of rotatable bonds is 7. The molecule has 1 aliphatic rings. The Morgan fingerprint density at radius 3 is 2.48 bits per heavy atom. The number of hydrogen-bond donors (Lipinski definition) is 0. The zero-order chi connectivity index (χ0) is 22.9. The third-order valence-corrected chi connectivity index (χ3v) is 8.15. The molecule has 6 nitrogen and oxygen atoms in total. The second-order valence-corrected chi connectivity index (χ2v) is 10.4. The zero-order valence-electron chi connectivity index (χ0n) is 17.7. The summed E-state index contributed by atoms with van der Waals surface area (Å²) in [5, 5.41) is 2.57. The SMILES string of the molecule is CSc1ccc2nc(N(CCc3cccs3)C(=O)CN3C(=O)c4ccccc4C3=O)sc2c1. The van der Waals surface area contributed by atoms with Gasteiger partial charge in [0.2, 0.25) is 5.91 Å². The molecule has 0 bridgehead atoms. The minimum absolute atomic E-state index is 0.317. The highest BCUT2D eigenvalue weighted by atomic mass is 32.2. The largest absolute Gasteiger partial charge is 0.286 e. The maximum atomic E-state index is 13.4. The molecule has 2 aromatic heterocycles. The molecule has 3 heterocycles. The molecule has 0 fully saturated rings. The monoisotopic (exact) mass is 493 g/mol. The molecule has 5 rings (SSSR count). The van der Waals surface area contributed by atoms with E-state index in [1.807, 2.05) is 35.9 Å². The van der Waals surface area contributed by atoms with E-state index in [4.69, 9.17) is 4.98 Å². The predicted molar refractivity (Wildman–Crippen MR) is 134 cm³/mol. The third-order valence-electron chi connectivity index (χ3n) is 5.45. The zero-order valence-corrected chi connectivity index (χ0v) is 20.1.